The van der Waals surface area contributed by atoms with Gasteiger partial charge in [0.25, 0.3) is 5.91 Å². The number of allylic oxidation sites excluding steroid dienone is 2. The number of nitrogens with two attached hydrogens (primary N) is 1. The van der Waals surface area contributed by atoms with Gasteiger partial charge in [-0.15, -0.1) is 0 Å². The molecule has 4 aliphatic carbocycles. The van der Waals surface area contributed by atoms with Gasteiger partial charge in [0.2, 0.25) is 5.78 Å². The number of phenolic OH excluding ortho intramolecular Hbond substituents is 1. The lowest BCUT2D eigenvalue weighted by atomic mass is 9.57. The molecule has 9 heteroatoms. The van der Waals surface area contributed by atoms with Crippen LogP contribution in [-0.2, 0) is 20.8 Å². The molecule has 1 aromatic rings. The van der Waals surface area contributed by atoms with Crippen molar-refractivity contribution in [3.8, 4) is 5.75 Å². The number of ketones is 2. The molecule has 1 unspecified atom stereocenters. The molecule has 5 atom stereocenters. The van der Waals surface area contributed by atoms with E-state index in [2.05, 4.69) is 0 Å². The van der Waals surface area contributed by atoms with Crippen LogP contribution in [0, 0.1) is 11.8 Å². The summed E-state index contributed by atoms with van der Waals surface area (Å²) in [5.41, 5.74) is 2.20. The number of aliphatic hydroxyl groups is 4. The summed E-state index contributed by atoms with van der Waals surface area (Å²) in [7, 11) is 0. The smallest absolute Gasteiger partial charge is 0.255 e. The van der Waals surface area contributed by atoms with Crippen LogP contribution in [0.25, 0.3) is 5.76 Å². The van der Waals surface area contributed by atoms with Gasteiger partial charge in [-0.1, -0.05) is 24.3 Å². The van der Waals surface area contributed by atoms with Crippen molar-refractivity contribution in [3.05, 3.63) is 57.9 Å². The molecule has 1 amide bonds. The molecule has 0 aliphatic heterocycles. The lowest BCUT2D eigenvalue weighted by Crippen LogP contribution is -2.63. The van der Waals surface area contributed by atoms with Crippen LogP contribution in [0.2, 0.25) is 0 Å². The van der Waals surface area contributed by atoms with Crippen molar-refractivity contribution >= 4 is 23.2 Å². The third-order valence-electron chi connectivity index (χ3n) is 7.49. The minimum atomic E-state index is -2.81. The topological polar surface area (TPSA) is 178 Å². The van der Waals surface area contributed by atoms with Crippen LogP contribution in [0.4, 0.5) is 0 Å². The number of fused-ring (bicyclic) bond motifs is 3. The number of hydrogen-bond donors (Lipinski definition) is 6. The maximum absolute atomic E-state index is 13.5. The van der Waals surface area contributed by atoms with Crippen LogP contribution in [-0.4, -0.2) is 54.7 Å². The number of hydrogen-bond acceptors (Lipinski definition) is 8. The van der Waals surface area contributed by atoms with Crippen molar-refractivity contribution < 1.29 is 39.9 Å². The summed E-state index contributed by atoms with van der Waals surface area (Å²) in [5.74, 6) is -7.83. The van der Waals surface area contributed by atoms with Gasteiger partial charge in [-0.25, -0.2) is 0 Å². The molecule has 1 fully saturated rings. The molecule has 0 saturated heterocycles. The highest BCUT2D eigenvalue weighted by Crippen LogP contribution is 2.52. The molecular formula is C24H23NO8. The Hall–Kier alpha value is -3.43. The highest BCUT2D eigenvalue weighted by Gasteiger charge is 2.63. The standard InChI is InChI=1S/C24H23NO8/c25-23(32)17-14(26)8-13-18(27)12-7-10-5-6-11(9-3-1-2-4-9)19(28)15(10)20(29)16(12)21(30)24(13,33)22(17)31/h1,3,5-6,9,12-13,18,27-29,31,33H,2,4,7-8H2,(H2,25,32)/t9?,12-,13-,18+,24+/m1/s1. The minimum absolute atomic E-state index is 0.0344. The van der Waals surface area contributed by atoms with Gasteiger partial charge in [0.05, 0.1) is 11.7 Å². The summed E-state index contributed by atoms with van der Waals surface area (Å²) in [6.45, 7) is 0. The summed E-state index contributed by atoms with van der Waals surface area (Å²) in [6, 6.07) is 3.47. The number of carbonyl (C=O) groups excluding carboxylic acids is 3. The largest absolute Gasteiger partial charge is 0.508 e. The number of aliphatic hydroxyl groups excluding tert-OH is 3. The van der Waals surface area contributed by atoms with Gasteiger partial charge in [-0.3, -0.25) is 14.4 Å². The fourth-order valence-electron chi connectivity index (χ4n) is 5.82. The molecule has 0 radical (unpaired) electrons. The van der Waals surface area contributed by atoms with E-state index in [1.54, 1.807) is 12.1 Å². The maximum Gasteiger partial charge on any atom is 0.255 e. The fraction of sp³-hybridized carbons (Fsp3) is 0.375. The first-order valence-corrected chi connectivity index (χ1v) is 10.8. The highest BCUT2D eigenvalue weighted by molar-refractivity contribution is 6.22. The Balaban J connectivity index is 1.70. The van der Waals surface area contributed by atoms with Crippen molar-refractivity contribution in [2.75, 3.05) is 0 Å². The Kier molecular flexibility index (Phi) is 4.56. The molecule has 33 heavy (non-hydrogen) atoms. The Morgan fingerprint density at radius 2 is 1.85 bits per heavy atom. The Labute approximate surface area is 188 Å². The zero-order valence-electron chi connectivity index (χ0n) is 17.5. The second kappa shape index (κ2) is 7.03. The van der Waals surface area contributed by atoms with Crippen molar-refractivity contribution in [1.82, 2.24) is 0 Å². The molecule has 9 nitrogen and oxygen atoms in total. The Bertz CT molecular complexity index is 1230. The number of rotatable bonds is 2. The van der Waals surface area contributed by atoms with Crippen LogP contribution in [0.1, 0.15) is 41.9 Å². The second-order valence-electron chi connectivity index (χ2n) is 9.13. The first kappa shape index (κ1) is 21.4. The monoisotopic (exact) mass is 453 g/mol. The van der Waals surface area contributed by atoms with E-state index in [1.165, 1.54) is 0 Å². The Morgan fingerprint density at radius 3 is 2.48 bits per heavy atom. The van der Waals surface area contributed by atoms with E-state index in [4.69, 9.17) is 5.73 Å². The summed E-state index contributed by atoms with van der Waals surface area (Å²) in [6.07, 6.45) is 3.55. The van der Waals surface area contributed by atoms with Gasteiger partial charge in [0.15, 0.2) is 11.4 Å². The van der Waals surface area contributed by atoms with Gasteiger partial charge in [-0.05, 0) is 24.8 Å². The predicted octanol–water partition coefficient (Wildman–Crippen LogP) is 0.828. The number of benzene rings is 1. The third kappa shape index (κ3) is 2.69. The van der Waals surface area contributed by atoms with E-state index in [1.807, 2.05) is 12.2 Å². The summed E-state index contributed by atoms with van der Waals surface area (Å²) in [5, 5.41) is 55.0. The fourth-order valence-corrected chi connectivity index (χ4v) is 5.82. The number of primary amides is 1. The van der Waals surface area contributed by atoms with Crippen molar-refractivity contribution in [3.63, 3.8) is 0 Å². The Morgan fingerprint density at radius 1 is 1.12 bits per heavy atom. The van der Waals surface area contributed by atoms with E-state index in [0.717, 1.165) is 12.8 Å². The van der Waals surface area contributed by atoms with Crippen LogP contribution < -0.4 is 5.73 Å². The average Bonchev–Trinajstić information content (AvgIpc) is 3.28. The van der Waals surface area contributed by atoms with Crippen molar-refractivity contribution in [2.24, 2.45) is 17.6 Å². The molecule has 0 spiro atoms. The lowest BCUT2D eigenvalue weighted by Gasteiger charge is -2.48. The van der Waals surface area contributed by atoms with Crippen LogP contribution in [0.5, 0.6) is 5.75 Å². The van der Waals surface area contributed by atoms with E-state index >= 15 is 0 Å². The number of phenols is 1. The molecule has 1 aromatic carbocycles. The molecule has 172 valence electrons. The van der Waals surface area contributed by atoms with E-state index in [9.17, 15) is 39.9 Å². The molecule has 0 bridgehead atoms. The second-order valence-corrected chi connectivity index (χ2v) is 9.13. The van der Waals surface area contributed by atoms with E-state index in [-0.39, 0.29) is 29.2 Å². The molecule has 7 N–H and O–H groups in total. The molecule has 4 aliphatic rings. The molecule has 5 rings (SSSR count). The van der Waals surface area contributed by atoms with Crippen LogP contribution in [0.15, 0.2) is 41.2 Å². The average molecular weight is 453 g/mol. The molecular weight excluding hydrogens is 430 g/mol. The number of carbonyl (C=O) groups is 3. The number of aromatic hydroxyl groups is 1. The first-order chi connectivity index (χ1) is 15.6. The SMILES string of the molecule is NC(=O)C1=C(O)[C@@]2(O)C(=O)C3=C(O)c4c(ccc(C5C=CCC5)c4O)C[C@H]3[C@H](O)[C@H]2CC1=O. The zero-order valence-corrected chi connectivity index (χ0v) is 17.5. The predicted molar refractivity (Wildman–Crippen MR) is 114 cm³/mol. The first-order valence-electron chi connectivity index (χ1n) is 10.8. The van der Waals surface area contributed by atoms with Crippen LogP contribution in [0.3, 0.4) is 0 Å². The molecule has 0 aromatic heterocycles. The molecule has 1 saturated carbocycles. The quantitative estimate of drug-likeness (QED) is 0.281. The van der Waals surface area contributed by atoms with Crippen molar-refractivity contribution in [1.29, 1.82) is 0 Å². The molecule has 0 heterocycles. The summed E-state index contributed by atoms with van der Waals surface area (Å²) < 4.78 is 0. The lowest BCUT2D eigenvalue weighted by molar-refractivity contribution is -0.159. The van der Waals surface area contributed by atoms with Gasteiger partial charge in [0.1, 0.15) is 22.8 Å². The number of amides is 1. The number of Topliss-reactive ketones (excluding diaryl/α,β-unsaturated/α-hetero) is 2. The van der Waals surface area contributed by atoms with Gasteiger partial charge in [0, 0.05) is 35.3 Å². The van der Waals surface area contributed by atoms with Crippen molar-refractivity contribution in [2.45, 2.75) is 43.3 Å². The highest BCUT2D eigenvalue weighted by atomic mass is 16.4. The van der Waals surface area contributed by atoms with Gasteiger partial charge in [-0.2, -0.15) is 0 Å². The normalized spacial score (nSPS) is 33.2. The van der Waals surface area contributed by atoms with Crippen LogP contribution >= 0.6 is 0 Å². The van der Waals surface area contributed by atoms with Gasteiger partial charge >= 0.3 is 0 Å². The maximum atomic E-state index is 13.5. The van der Waals surface area contributed by atoms with E-state index in [0.29, 0.717) is 11.1 Å². The summed E-state index contributed by atoms with van der Waals surface area (Å²) >= 11 is 0. The van der Waals surface area contributed by atoms with E-state index < -0.39 is 64.5 Å². The minimum Gasteiger partial charge on any atom is -0.508 e. The third-order valence-corrected chi connectivity index (χ3v) is 7.49. The summed E-state index contributed by atoms with van der Waals surface area (Å²) in [4.78, 5) is 37.6. The zero-order chi connectivity index (χ0) is 23.8. The van der Waals surface area contributed by atoms with Gasteiger partial charge < -0.3 is 31.3 Å².